The average Bonchev–Trinajstić information content (AvgIpc) is 4.01. The van der Waals surface area contributed by atoms with E-state index in [1.165, 1.54) is 38.7 Å². The van der Waals surface area contributed by atoms with Crippen LogP contribution in [0.15, 0.2) is 173 Å². The quantitative estimate of drug-likeness (QED) is 0.161. The highest BCUT2D eigenvalue weighted by Crippen LogP contribution is 2.53. The number of benzene rings is 8. The predicted molar refractivity (Wildman–Crippen MR) is 319 cm³/mol. The minimum atomic E-state index is -0.217. The van der Waals surface area contributed by atoms with Gasteiger partial charge in [0.1, 0.15) is 11.2 Å². The van der Waals surface area contributed by atoms with Crippen molar-refractivity contribution in [3.63, 3.8) is 0 Å². The Labute approximate surface area is 443 Å². The summed E-state index contributed by atoms with van der Waals surface area (Å²) in [5, 5.41) is 3.35. The van der Waals surface area contributed by atoms with Gasteiger partial charge in [-0.1, -0.05) is 168 Å². The molecule has 8 aromatic carbocycles. The van der Waals surface area contributed by atoms with E-state index in [2.05, 4.69) is 262 Å². The molecular formula is C69H68BN3O2. The van der Waals surface area contributed by atoms with Crippen molar-refractivity contribution in [2.45, 2.75) is 124 Å². The van der Waals surface area contributed by atoms with E-state index in [1.54, 1.807) is 0 Å². The SMILES string of the molecule is CC1CCC(C)(C)c2cc3oc4c(c3cc21)N(c1ccc(C(C)(C)C)cc1)c1cc(N(c2ccccc2)c2cccc3c2oc2ccccc23)cc2c1B4c1cc(C(C)(C)C)ccc1N2c1ccc(C(C)(C)C)cc1. The standard InChI is InChI=1S/C69H68BN3O2/c1-42-35-36-69(11,12)54-41-61-53(40-52(42)54)63-65(75-61)70-55-37-45(68(8,9)10)29-34-56(55)72(47-30-25-43(26-31-47)66(2,3)4)58-38-49(39-59(62(58)70)73(63)48-32-27-44(28-33-48)67(5,6)7)71(46-19-14-13-15-20-46)57-23-18-22-51-50-21-16-17-24-60(50)74-64(51)57/h13-34,37-42H,35-36H2,1-12H3. The van der Waals surface area contributed by atoms with Crippen LogP contribution >= 0.6 is 0 Å². The molecule has 10 aromatic rings. The Morgan fingerprint density at radius 2 is 1.13 bits per heavy atom. The Hall–Kier alpha value is -7.44. The van der Waals surface area contributed by atoms with Crippen molar-refractivity contribution in [3.8, 4) is 0 Å². The van der Waals surface area contributed by atoms with Crippen LogP contribution in [0.4, 0.5) is 51.2 Å². The smallest absolute Gasteiger partial charge is 0.297 e. The number of anilines is 9. The fourth-order valence-corrected chi connectivity index (χ4v) is 12.7. The van der Waals surface area contributed by atoms with Gasteiger partial charge in [-0.15, -0.1) is 0 Å². The van der Waals surface area contributed by atoms with E-state index in [0.717, 1.165) is 103 Å². The first kappa shape index (κ1) is 47.3. The molecule has 0 radical (unpaired) electrons. The number of furan rings is 2. The largest absolute Gasteiger partial charge is 0.468 e. The maximum Gasteiger partial charge on any atom is 0.297 e. The second-order valence-electron chi connectivity index (χ2n) is 25.6. The molecule has 13 rings (SSSR count). The summed E-state index contributed by atoms with van der Waals surface area (Å²) < 4.78 is 14.6. The lowest BCUT2D eigenvalue weighted by Crippen LogP contribution is -2.61. The lowest BCUT2D eigenvalue weighted by molar-refractivity contribution is 0.402. The molecule has 2 aromatic heterocycles. The lowest BCUT2D eigenvalue weighted by Gasteiger charge is -2.44. The average molecular weight is 982 g/mol. The van der Waals surface area contributed by atoms with Crippen LogP contribution in [0.2, 0.25) is 0 Å². The molecule has 0 fully saturated rings. The van der Waals surface area contributed by atoms with Crippen LogP contribution in [0.1, 0.15) is 130 Å². The highest BCUT2D eigenvalue weighted by Gasteiger charge is 2.48. The van der Waals surface area contributed by atoms with Crippen LogP contribution in [0.5, 0.6) is 0 Å². The monoisotopic (exact) mass is 982 g/mol. The maximum absolute atomic E-state index is 7.65. The van der Waals surface area contributed by atoms with E-state index >= 15 is 0 Å². The van der Waals surface area contributed by atoms with Gasteiger partial charge in [0.05, 0.1) is 22.7 Å². The molecule has 0 saturated heterocycles. The van der Waals surface area contributed by atoms with Gasteiger partial charge in [-0.25, -0.2) is 0 Å². The fraction of sp³-hybridized carbons (Fsp3) is 0.275. The summed E-state index contributed by atoms with van der Waals surface area (Å²) in [5.41, 5.74) is 22.5. The van der Waals surface area contributed by atoms with Crippen LogP contribution in [-0.4, -0.2) is 6.71 Å². The third kappa shape index (κ3) is 7.48. The van der Waals surface area contributed by atoms with Crippen LogP contribution in [0, 0.1) is 0 Å². The molecule has 1 aliphatic carbocycles. The Kier molecular flexibility index (Phi) is 10.4. The van der Waals surface area contributed by atoms with Crippen molar-refractivity contribution in [2.75, 3.05) is 14.7 Å². The van der Waals surface area contributed by atoms with Crippen LogP contribution in [0.25, 0.3) is 32.9 Å². The van der Waals surface area contributed by atoms with Gasteiger partial charge in [-0.3, -0.25) is 0 Å². The first-order valence-corrected chi connectivity index (χ1v) is 27.2. The molecule has 0 saturated carbocycles. The zero-order valence-electron chi connectivity index (χ0n) is 45.8. The highest BCUT2D eigenvalue weighted by atomic mass is 16.3. The molecule has 5 nitrogen and oxygen atoms in total. The minimum absolute atomic E-state index is 0.00899. The maximum atomic E-state index is 7.65. The third-order valence-corrected chi connectivity index (χ3v) is 17.0. The summed E-state index contributed by atoms with van der Waals surface area (Å²) in [5.74, 6) is 0.431. The third-order valence-electron chi connectivity index (χ3n) is 17.0. The van der Waals surface area contributed by atoms with Gasteiger partial charge in [-0.05, 0) is 158 Å². The van der Waals surface area contributed by atoms with E-state index in [-0.39, 0.29) is 28.4 Å². The molecule has 3 aliphatic rings. The van der Waals surface area contributed by atoms with Gasteiger partial charge >= 0.3 is 0 Å². The number of hydrogen-bond acceptors (Lipinski definition) is 5. The topological polar surface area (TPSA) is 36.0 Å². The molecule has 1 unspecified atom stereocenters. The zero-order chi connectivity index (χ0) is 52.1. The van der Waals surface area contributed by atoms with Gasteiger partial charge < -0.3 is 23.5 Å². The number of hydrogen-bond donors (Lipinski definition) is 0. The fourth-order valence-electron chi connectivity index (χ4n) is 12.7. The van der Waals surface area contributed by atoms with Gasteiger partial charge in [0.2, 0.25) is 0 Å². The van der Waals surface area contributed by atoms with Gasteiger partial charge in [0.15, 0.2) is 5.58 Å². The zero-order valence-corrected chi connectivity index (χ0v) is 45.8. The molecule has 374 valence electrons. The van der Waals surface area contributed by atoms with Gasteiger partial charge in [0, 0.05) is 50.3 Å². The van der Waals surface area contributed by atoms with Crippen molar-refractivity contribution >= 4 is 107 Å². The lowest BCUT2D eigenvalue weighted by atomic mass is 9.35. The van der Waals surface area contributed by atoms with Gasteiger partial charge in [0.25, 0.3) is 6.71 Å². The van der Waals surface area contributed by atoms with Crippen molar-refractivity contribution in [2.24, 2.45) is 0 Å². The Morgan fingerprint density at radius 3 is 1.80 bits per heavy atom. The van der Waals surface area contributed by atoms with Crippen molar-refractivity contribution in [1.29, 1.82) is 0 Å². The van der Waals surface area contributed by atoms with E-state index in [9.17, 15) is 0 Å². The van der Waals surface area contributed by atoms with Crippen LogP contribution < -0.4 is 31.3 Å². The first-order valence-electron chi connectivity index (χ1n) is 27.2. The molecular weight excluding hydrogens is 914 g/mol. The highest BCUT2D eigenvalue weighted by molar-refractivity contribution is 7.00. The van der Waals surface area contributed by atoms with Crippen molar-refractivity contribution in [3.05, 3.63) is 192 Å². The molecule has 0 bridgehead atoms. The Bertz CT molecular complexity index is 3900. The summed E-state index contributed by atoms with van der Waals surface area (Å²) in [4.78, 5) is 7.51. The Balaban J connectivity index is 1.18. The first-order chi connectivity index (χ1) is 35.7. The predicted octanol–water partition coefficient (Wildman–Crippen LogP) is 18.0. The van der Waals surface area contributed by atoms with E-state index in [4.69, 9.17) is 8.83 Å². The second-order valence-corrected chi connectivity index (χ2v) is 25.6. The number of fused-ring (bicyclic) bond motifs is 10. The minimum Gasteiger partial charge on any atom is -0.468 e. The van der Waals surface area contributed by atoms with E-state index < -0.39 is 0 Å². The Morgan fingerprint density at radius 1 is 0.533 bits per heavy atom. The molecule has 0 spiro atoms. The summed E-state index contributed by atoms with van der Waals surface area (Å²) in [7, 11) is 0. The summed E-state index contributed by atoms with van der Waals surface area (Å²) >= 11 is 0. The molecule has 75 heavy (non-hydrogen) atoms. The second kappa shape index (κ2) is 16.5. The van der Waals surface area contributed by atoms with Gasteiger partial charge in [-0.2, -0.15) is 0 Å². The molecule has 0 N–H and O–H groups in total. The molecule has 0 amide bonds. The number of rotatable bonds is 5. The number of nitrogens with zero attached hydrogens (tertiary/aromatic N) is 3. The molecule has 2 aliphatic heterocycles. The van der Waals surface area contributed by atoms with E-state index in [1.807, 2.05) is 0 Å². The summed E-state index contributed by atoms with van der Waals surface area (Å²) in [6.07, 6.45) is 2.30. The van der Waals surface area contributed by atoms with Crippen LogP contribution in [-0.2, 0) is 21.7 Å². The summed E-state index contributed by atoms with van der Waals surface area (Å²) in [6.45, 7) is 27.8. The van der Waals surface area contributed by atoms with Crippen molar-refractivity contribution < 1.29 is 8.83 Å². The van der Waals surface area contributed by atoms with E-state index in [0.29, 0.717) is 5.92 Å². The number of para-hydroxylation sites is 3. The molecule has 4 heterocycles. The summed E-state index contributed by atoms with van der Waals surface area (Å²) in [6, 6.07) is 61.5. The van der Waals surface area contributed by atoms with Crippen LogP contribution in [0.3, 0.4) is 0 Å². The molecule has 6 heteroatoms. The van der Waals surface area contributed by atoms with Crippen molar-refractivity contribution in [1.82, 2.24) is 0 Å². The normalized spacial score (nSPS) is 16.1. The molecule has 1 atom stereocenters.